The Balaban J connectivity index is 2.02. The third kappa shape index (κ3) is 3.05. The molecule has 2 rings (SSSR count). The predicted octanol–water partition coefficient (Wildman–Crippen LogP) is 3.06. The minimum atomic E-state index is -0.874. The molecule has 0 aliphatic heterocycles. The smallest absolute Gasteiger partial charge is 0.319 e. The molecule has 1 aliphatic carbocycles. The number of rotatable bonds is 3. The van der Waals surface area contributed by atoms with Crippen molar-refractivity contribution in [3.8, 4) is 0 Å². The van der Waals surface area contributed by atoms with Crippen molar-refractivity contribution in [1.82, 2.24) is 5.32 Å². The molecule has 2 unspecified atom stereocenters. The van der Waals surface area contributed by atoms with E-state index >= 15 is 0 Å². The maximum Gasteiger partial charge on any atom is 0.319 e. The van der Waals surface area contributed by atoms with Crippen LogP contribution in [0.15, 0.2) is 24.3 Å². The molecule has 1 aromatic rings. The number of carbonyl (C=O) groups is 2. The summed E-state index contributed by atoms with van der Waals surface area (Å²) in [5, 5.41) is 14.9. The predicted molar refractivity (Wildman–Crippen MR) is 84.7 cm³/mol. The standard InChI is InChI=1S/C14H17IN2O3/c1-14(12(18)19)8-4-7-11(14)17-13(20)16-10-6-3-2-5-9(10)15/h2-3,5-6,11H,4,7-8H2,1H3,(H,18,19)(H2,16,17,20). The van der Waals surface area contributed by atoms with Crippen molar-refractivity contribution in [2.75, 3.05) is 5.32 Å². The Morgan fingerprint density at radius 1 is 1.40 bits per heavy atom. The highest BCUT2D eigenvalue weighted by Crippen LogP contribution is 2.38. The van der Waals surface area contributed by atoms with Crippen molar-refractivity contribution >= 4 is 40.3 Å². The number of carboxylic acid groups (broad SMARTS) is 1. The van der Waals surface area contributed by atoms with Gasteiger partial charge in [0.15, 0.2) is 0 Å². The summed E-state index contributed by atoms with van der Waals surface area (Å²) in [6.07, 6.45) is 2.11. The number of hydrogen-bond acceptors (Lipinski definition) is 2. The van der Waals surface area contributed by atoms with Gasteiger partial charge in [-0.3, -0.25) is 4.79 Å². The summed E-state index contributed by atoms with van der Waals surface area (Å²) in [5.41, 5.74) is -0.151. The fraction of sp³-hybridized carbons (Fsp3) is 0.429. The minimum absolute atomic E-state index is 0.332. The molecule has 2 amide bonds. The van der Waals surface area contributed by atoms with Gasteiger partial charge in [-0.05, 0) is 54.5 Å². The van der Waals surface area contributed by atoms with Gasteiger partial charge >= 0.3 is 12.0 Å². The Morgan fingerprint density at radius 2 is 2.10 bits per heavy atom. The Bertz CT molecular complexity index is 535. The fourth-order valence-electron chi connectivity index (χ4n) is 2.53. The minimum Gasteiger partial charge on any atom is -0.481 e. The number of amides is 2. The van der Waals surface area contributed by atoms with Crippen molar-refractivity contribution in [3.05, 3.63) is 27.8 Å². The zero-order valence-corrected chi connectivity index (χ0v) is 13.3. The Labute approximate surface area is 131 Å². The molecular formula is C14H17IN2O3. The van der Waals surface area contributed by atoms with Crippen molar-refractivity contribution in [3.63, 3.8) is 0 Å². The van der Waals surface area contributed by atoms with Gasteiger partial charge in [-0.2, -0.15) is 0 Å². The van der Waals surface area contributed by atoms with Crippen LogP contribution in [-0.4, -0.2) is 23.1 Å². The normalized spacial score (nSPS) is 25.2. The number of para-hydroxylation sites is 1. The van der Waals surface area contributed by atoms with Crippen LogP contribution in [0, 0.1) is 8.99 Å². The number of aliphatic carboxylic acids is 1. The van der Waals surface area contributed by atoms with Crippen molar-refractivity contribution in [1.29, 1.82) is 0 Å². The zero-order valence-electron chi connectivity index (χ0n) is 11.1. The molecule has 3 N–H and O–H groups in total. The molecule has 0 heterocycles. The molecule has 2 atom stereocenters. The van der Waals surface area contributed by atoms with Gasteiger partial charge in [0.1, 0.15) is 0 Å². The second-order valence-corrected chi connectivity index (χ2v) is 6.41. The van der Waals surface area contributed by atoms with E-state index in [2.05, 4.69) is 33.2 Å². The number of nitrogens with one attached hydrogen (secondary N) is 2. The van der Waals surface area contributed by atoms with Gasteiger partial charge in [0.05, 0.1) is 11.1 Å². The lowest BCUT2D eigenvalue weighted by Gasteiger charge is -2.27. The summed E-state index contributed by atoms with van der Waals surface area (Å²) < 4.78 is 0.938. The molecule has 0 saturated heterocycles. The van der Waals surface area contributed by atoms with E-state index in [-0.39, 0.29) is 12.1 Å². The monoisotopic (exact) mass is 388 g/mol. The van der Waals surface area contributed by atoms with E-state index < -0.39 is 11.4 Å². The van der Waals surface area contributed by atoms with Gasteiger partial charge in [0, 0.05) is 9.61 Å². The average Bonchev–Trinajstić information content (AvgIpc) is 2.75. The number of anilines is 1. The number of carboxylic acids is 1. The molecule has 0 spiro atoms. The van der Waals surface area contributed by atoms with Gasteiger partial charge in [-0.25, -0.2) is 4.79 Å². The molecule has 108 valence electrons. The van der Waals surface area contributed by atoms with Crippen LogP contribution in [0.4, 0.5) is 10.5 Å². The molecule has 1 aliphatic rings. The number of hydrogen-bond donors (Lipinski definition) is 3. The zero-order chi connectivity index (χ0) is 14.8. The van der Waals surface area contributed by atoms with E-state index in [1.54, 1.807) is 6.92 Å². The quantitative estimate of drug-likeness (QED) is 0.697. The lowest BCUT2D eigenvalue weighted by Crippen LogP contribution is -2.48. The second-order valence-electron chi connectivity index (χ2n) is 5.25. The summed E-state index contributed by atoms with van der Waals surface area (Å²) in [5.74, 6) is -0.852. The van der Waals surface area contributed by atoms with Gasteiger partial charge < -0.3 is 15.7 Å². The molecule has 0 bridgehead atoms. The van der Waals surface area contributed by atoms with Crippen LogP contribution in [0.3, 0.4) is 0 Å². The second kappa shape index (κ2) is 5.99. The van der Waals surface area contributed by atoms with E-state index in [0.29, 0.717) is 12.8 Å². The first-order valence-electron chi connectivity index (χ1n) is 6.49. The van der Waals surface area contributed by atoms with Crippen LogP contribution in [-0.2, 0) is 4.79 Å². The molecule has 1 saturated carbocycles. The van der Waals surface area contributed by atoms with Crippen molar-refractivity contribution < 1.29 is 14.7 Å². The molecule has 0 aromatic heterocycles. The Hall–Kier alpha value is -1.31. The van der Waals surface area contributed by atoms with Gasteiger partial charge in [0.2, 0.25) is 0 Å². The number of benzene rings is 1. The molecular weight excluding hydrogens is 371 g/mol. The van der Waals surface area contributed by atoms with E-state index in [1.165, 1.54) is 0 Å². The third-order valence-corrected chi connectivity index (χ3v) is 4.81. The molecule has 6 heteroatoms. The molecule has 1 aromatic carbocycles. The summed E-state index contributed by atoms with van der Waals surface area (Å²) in [7, 11) is 0. The highest BCUT2D eigenvalue weighted by atomic mass is 127. The average molecular weight is 388 g/mol. The summed E-state index contributed by atoms with van der Waals surface area (Å²) in [6, 6.07) is 6.76. The maximum absolute atomic E-state index is 12.0. The Morgan fingerprint density at radius 3 is 2.75 bits per heavy atom. The molecule has 0 radical (unpaired) electrons. The maximum atomic E-state index is 12.0. The summed E-state index contributed by atoms with van der Waals surface area (Å²) >= 11 is 2.14. The van der Waals surface area contributed by atoms with Crippen LogP contribution in [0.25, 0.3) is 0 Å². The molecule has 5 nitrogen and oxygen atoms in total. The van der Waals surface area contributed by atoms with E-state index in [4.69, 9.17) is 0 Å². The van der Waals surface area contributed by atoms with Crippen molar-refractivity contribution in [2.45, 2.75) is 32.2 Å². The highest BCUT2D eigenvalue weighted by Gasteiger charge is 2.45. The van der Waals surface area contributed by atoms with Gasteiger partial charge in [-0.15, -0.1) is 0 Å². The van der Waals surface area contributed by atoms with E-state index in [9.17, 15) is 14.7 Å². The SMILES string of the molecule is CC1(C(=O)O)CCCC1NC(=O)Nc1ccccc1I. The van der Waals surface area contributed by atoms with E-state index in [0.717, 1.165) is 15.7 Å². The van der Waals surface area contributed by atoms with Crippen LogP contribution in [0.2, 0.25) is 0 Å². The van der Waals surface area contributed by atoms with E-state index in [1.807, 2.05) is 24.3 Å². The summed E-state index contributed by atoms with van der Waals surface area (Å²) in [4.78, 5) is 23.4. The topological polar surface area (TPSA) is 78.4 Å². The molecule has 20 heavy (non-hydrogen) atoms. The fourth-order valence-corrected chi connectivity index (χ4v) is 3.06. The largest absolute Gasteiger partial charge is 0.481 e. The van der Waals surface area contributed by atoms with Crippen molar-refractivity contribution in [2.24, 2.45) is 5.41 Å². The lowest BCUT2D eigenvalue weighted by molar-refractivity contribution is -0.148. The lowest BCUT2D eigenvalue weighted by atomic mass is 9.85. The first-order chi connectivity index (χ1) is 9.43. The third-order valence-electron chi connectivity index (χ3n) is 3.87. The van der Waals surface area contributed by atoms with Crippen LogP contribution >= 0.6 is 22.6 Å². The van der Waals surface area contributed by atoms with Crippen LogP contribution < -0.4 is 10.6 Å². The van der Waals surface area contributed by atoms with Crippen LogP contribution in [0.1, 0.15) is 26.2 Å². The van der Waals surface area contributed by atoms with Crippen LogP contribution in [0.5, 0.6) is 0 Å². The first-order valence-corrected chi connectivity index (χ1v) is 7.57. The number of carbonyl (C=O) groups excluding carboxylic acids is 1. The van der Waals surface area contributed by atoms with Gasteiger partial charge in [0.25, 0.3) is 0 Å². The number of halogens is 1. The highest BCUT2D eigenvalue weighted by molar-refractivity contribution is 14.1. The molecule has 1 fully saturated rings. The Kier molecular flexibility index (Phi) is 4.52. The number of urea groups is 1. The van der Waals surface area contributed by atoms with Gasteiger partial charge in [-0.1, -0.05) is 18.6 Å². The first kappa shape index (κ1) is 15.1. The summed E-state index contributed by atoms with van der Waals surface area (Å²) in [6.45, 7) is 1.69.